The van der Waals surface area contributed by atoms with Gasteiger partial charge >= 0.3 is 0 Å². The molecule has 5 nitrogen and oxygen atoms in total. The lowest BCUT2D eigenvalue weighted by atomic mass is 9.94. The third-order valence-corrected chi connectivity index (χ3v) is 4.59. The number of aromatic nitrogens is 2. The number of hydrogen-bond donors (Lipinski definition) is 2. The number of benzene rings is 1. The first-order valence-electron chi connectivity index (χ1n) is 8.84. The molecule has 1 atom stereocenters. The van der Waals surface area contributed by atoms with Gasteiger partial charge in [-0.1, -0.05) is 18.2 Å². The molecule has 0 bridgehead atoms. The molecule has 1 aromatic heterocycles. The molecule has 3 rings (SSSR count). The monoisotopic (exact) mass is 343 g/mol. The smallest absolute Gasteiger partial charge is 0.191 e. The fraction of sp³-hybridized carbons (Fsp3) is 0.474. The molecule has 0 fully saturated rings. The maximum absolute atomic E-state index is 13.7. The van der Waals surface area contributed by atoms with Gasteiger partial charge in [0.05, 0.1) is 5.69 Å². The quantitative estimate of drug-likeness (QED) is 0.663. The van der Waals surface area contributed by atoms with E-state index in [1.165, 1.54) is 17.3 Å². The van der Waals surface area contributed by atoms with E-state index in [9.17, 15) is 4.39 Å². The number of halogens is 1. The van der Waals surface area contributed by atoms with Gasteiger partial charge in [0.1, 0.15) is 5.82 Å². The zero-order valence-electron chi connectivity index (χ0n) is 15.1. The zero-order chi connectivity index (χ0) is 17.8. The number of aryl methyl sites for hydroxylation is 1. The highest BCUT2D eigenvalue weighted by molar-refractivity contribution is 5.80. The molecule has 1 unspecified atom stereocenters. The highest BCUT2D eigenvalue weighted by Gasteiger charge is 2.23. The standard InChI is InChI=1S/C19H26FN5/c1-13(2)25-12-15-8-9-16(10-18(15)24-25)23-19(21-3)22-11-14-6-4-5-7-17(14)20/h4-7,12-13,16H,8-11H2,1-3H3,(H2,21,22,23). The largest absolute Gasteiger partial charge is 0.353 e. The van der Waals surface area contributed by atoms with Crippen LogP contribution in [-0.2, 0) is 19.4 Å². The minimum Gasteiger partial charge on any atom is -0.353 e. The maximum atomic E-state index is 13.7. The van der Waals surface area contributed by atoms with Crippen molar-refractivity contribution >= 4 is 5.96 Å². The topological polar surface area (TPSA) is 54.2 Å². The van der Waals surface area contributed by atoms with Gasteiger partial charge in [0, 0.05) is 43.9 Å². The van der Waals surface area contributed by atoms with Crippen LogP contribution in [0.2, 0.25) is 0 Å². The molecule has 1 heterocycles. The summed E-state index contributed by atoms with van der Waals surface area (Å²) < 4.78 is 15.8. The fourth-order valence-corrected chi connectivity index (χ4v) is 3.11. The third-order valence-electron chi connectivity index (χ3n) is 4.59. The van der Waals surface area contributed by atoms with Crippen molar-refractivity contribution < 1.29 is 4.39 Å². The molecule has 0 amide bonds. The molecule has 1 aliphatic carbocycles. The molecule has 2 aromatic rings. The van der Waals surface area contributed by atoms with Crippen LogP contribution in [0, 0.1) is 5.82 Å². The van der Waals surface area contributed by atoms with Crippen LogP contribution in [0.1, 0.15) is 43.1 Å². The molecular weight excluding hydrogens is 317 g/mol. The molecular formula is C19H26FN5. The molecule has 0 saturated carbocycles. The van der Waals surface area contributed by atoms with Crippen LogP contribution in [0.5, 0.6) is 0 Å². The summed E-state index contributed by atoms with van der Waals surface area (Å²) in [6.07, 6.45) is 5.11. The van der Waals surface area contributed by atoms with E-state index in [-0.39, 0.29) is 11.9 Å². The number of rotatable bonds is 4. The lowest BCUT2D eigenvalue weighted by Crippen LogP contribution is -2.45. The maximum Gasteiger partial charge on any atom is 0.191 e. The Morgan fingerprint density at radius 3 is 2.92 bits per heavy atom. The van der Waals surface area contributed by atoms with E-state index < -0.39 is 0 Å². The molecule has 2 N–H and O–H groups in total. The molecule has 0 spiro atoms. The number of guanidine groups is 1. The molecule has 25 heavy (non-hydrogen) atoms. The molecule has 134 valence electrons. The van der Waals surface area contributed by atoms with Crippen molar-refractivity contribution in [1.29, 1.82) is 0 Å². The van der Waals surface area contributed by atoms with Gasteiger partial charge in [0.15, 0.2) is 5.96 Å². The Kier molecular flexibility index (Phi) is 5.36. The van der Waals surface area contributed by atoms with Gasteiger partial charge in [-0.3, -0.25) is 9.67 Å². The van der Waals surface area contributed by atoms with Crippen molar-refractivity contribution in [3.05, 3.63) is 53.1 Å². The van der Waals surface area contributed by atoms with E-state index in [0.29, 0.717) is 24.1 Å². The fourth-order valence-electron chi connectivity index (χ4n) is 3.11. The lowest BCUT2D eigenvalue weighted by molar-refractivity contribution is 0.499. The van der Waals surface area contributed by atoms with Gasteiger partial charge in [-0.15, -0.1) is 0 Å². The summed E-state index contributed by atoms with van der Waals surface area (Å²) in [5.41, 5.74) is 3.15. The van der Waals surface area contributed by atoms with Crippen LogP contribution in [0.4, 0.5) is 4.39 Å². The second kappa shape index (κ2) is 7.68. The Balaban J connectivity index is 1.58. The van der Waals surface area contributed by atoms with E-state index in [1.807, 2.05) is 10.7 Å². The number of hydrogen-bond acceptors (Lipinski definition) is 2. The van der Waals surface area contributed by atoms with Gasteiger partial charge in [0.2, 0.25) is 0 Å². The highest BCUT2D eigenvalue weighted by atomic mass is 19.1. The van der Waals surface area contributed by atoms with Crippen LogP contribution in [-0.4, -0.2) is 28.8 Å². The van der Waals surface area contributed by atoms with Gasteiger partial charge in [-0.05, 0) is 38.3 Å². The summed E-state index contributed by atoms with van der Waals surface area (Å²) in [5.74, 6) is 0.493. The van der Waals surface area contributed by atoms with Gasteiger partial charge in [-0.2, -0.15) is 5.10 Å². The summed E-state index contributed by atoms with van der Waals surface area (Å²) in [4.78, 5) is 4.26. The predicted molar refractivity (Wildman–Crippen MR) is 98.2 cm³/mol. The Morgan fingerprint density at radius 2 is 2.20 bits per heavy atom. The predicted octanol–water partition coefficient (Wildman–Crippen LogP) is 2.83. The molecule has 6 heteroatoms. The summed E-state index contributed by atoms with van der Waals surface area (Å²) in [7, 11) is 1.73. The summed E-state index contributed by atoms with van der Waals surface area (Å²) in [6, 6.07) is 7.45. The summed E-state index contributed by atoms with van der Waals surface area (Å²) >= 11 is 0. The summed E-state index contributed by atoms with van der Waals surface area (Å²) in [6.45, 7) is 4.69. The summed E-state index contributed by atoms with van der Waals surface area (Å²) in [5, 5.41) is 11.3. The van der Waals surface area contributed by atoms with Crippen molar-refractivity contribution in [2.75, 3.05) is 7.05 Å². The van der Waals surface area contributed by atoms with Crippen LogP contribution in [0.15, 0.2) is 35.5 Å². The van der Waals surface area contributed by atoms with E-state index >= 15 is 0 Å². The Labute approximate surface area is 148 Å². The minimum atomic E-state index is -0.202. The first-order chi connectivity index (χ1) is 12.1. The van der Waals surface area contributed by atoms with E-state index in [4.69, 9.17) is 5.10 Å². The lowest BCUT2D eigenvalue weighted by Gasteiger charge is -2.24. The second-order valence-electron chi connectivity index (χ2n) is 6.78. The average Bonchev–Trinajstić information content (AvgIpc) is 3.03. The first-order valence-corrected chi connectivity index (χ1v) is 8.84. The Bertz CT molecular complexity index is 750. The normalized spacial score (nSPS) is 17.5. The van der Waals surface area contributed by atoms with Crippen molar-refractivity contribution in [1.82, 2.24) is 20.4 Å². The van der Waals surface area contributed by atoms with Crippen molar-refractivity contribution in [2.24, 2.45) is 4.99 Å². The minimum absolute atomic E-state index is 0.202. The number of nitrogens with zero attached hydrogens (tertiary/aromatic N) is 3. The molecule has 0 radical (unpaired) electrons. The van der Waals surface area contributed by atoms with E-state index in [0.717, 1.165) is 19.3 Å². The van der Waals surface area contributed by atoms with Crippen molar-refractivity contribution in [3.63, 3.8) is 0 Å². The third kappa shape index (κ3) is 4.18. The van der Waals surface area contributed by atoms with Crippen LogP contribution >= 0.6 is 0 Å². The van der Waals surface area contributed by atoms with E-state index in [2.05, 4.69) is 35.7 Å². The van der Waals surface area contributed by atoms with Gasteiger partial charge in [0.25, 0.3) is 0 Å². The Hall–Kier alpha value is -2.37. The van der Waals surface area contributed by atoms with Crippen molar-refractivity contribution in [3.8, 4) is 0 Å². The number of fused-ring (bicyclic) bond motifs is 1. The van der Waals surface area contributed by atoms with Gasteiger partial charge < -0.3 is 10.6 Å². The highest BCUT2D eigenvalue weighted by Crippen LogP contribution is 2.21. The van der Waals surface area contributed by atoms with Crippen LogP contribution in [0.3, 0.4) is 0 Å². The molecule has 0 saturated heterocycles. The number of aliphatic imine (C=N–C) groups is 1. The van der Waals surface area contributed by atoms with Crippen molar-refractivity contribution in [2.45, 2.75) is 51.7 Å². The first kappa shape index (κ1) is 17.5. The molecule has 1 aliphatic rings. The Morgan fingerprint density at radius 1 is 1.40 bits per heavy atom. The zero-order valence-corrected chi connectivity index (χ0v) is 15.1. The average molecular weight is 343 g/mol. The molecule has 0 aliphatic heterocycles. The number of nitrogens with one attached hydrogen (secondary N) is 2. The second-order valence-corrected chi connectivity index (χ2v) is 6.78. The van der Waals surface area contributed by atoms with E-state index in [1.54, 1.807) is 19.2 Å². The van der Waals surface area contributed by atoms with Crippen LogP contribution < -0.4 is 10.6 Å². The van der Waals surface area contributed by atoms with Gasteiger partial charge in [-0.25, -0.2) is 4.39 Å². The molecule has 1 aromatic carbocycles. The SMILES string of the molecule is CN=C(NCc1ccccc1F)NC1CCc2cn(C(C)C)nc2C1. The van der Waals surface area contributed by atoms with Crippen LogP contribution in [0.25, 0.3) is 0 Å².